The maximum absolute atomic E-state index is 12.1. The maximum Gasteiger partial charge on any atom is 0.338 e. The quantitative estimate of drug-likeness (QED) is 0.751. The van der Waals surface area contributed by atoms with Crippen LogP contribution in [0.15, 0.2) is 48.5 Å². The molecule has 0 radical (unpaired) electrons. The Morgan fingerprint density at radius 3 is 2.52 bits per heavy atom. The van der Waals surface area contributed by atoms with Crippen LogP contribution in [0, 0.1) is 0 Å². The monoisotopic (exact) mass is 393 g/mol. The average molecular weight is 394 g/mol. The summed E-state index contributed by atoms with van der Waals surface area (Å²) in [6, 6.07) is 14.1. The van der Waals surface area contributed by atoms with Crippen molar-refractivity contribution >= 4 is 52.7 Å². The predicted molar refractivity (Wildman–Crippen MR) is 104 cm³/mol. The van der Waals surface area contributed by atoms with E-state index in [9.17, 15) is 9.59 Å². The molecule has 4 nitrogen and oxygen atoms in total. The van der Waals surface area contributed by atoms with Gasteiger partial charge < -0.3 is 10.1 Å². The van der Waals surface area contributed by atoms with Crippen molar-refractivity contribution < 1.29 is 14.3 Å². The lowest BCUT2D eigenvalue weighted by atomic mass is 10.1. The minimum absolute atomic E-state index is 0.346. The molecule has 25 heavy (non-hydrogen) atoms. The van der Waals surface area contributed by atoms with Gasteiger partial charge in [0.05, 0.1) is 10.1 Å². The van der Waals surface area contributed by atoms with Gasteiger partial charge in [-0.05, 0) is 35.9 Å². The van der Waals surface area contributed by atoms with E-state index in [0.29, 0.717) is 20.9 Å². The molecule has 1 aliphatic rings. The van der Waals surface area contributed by atoms with E-state index >= 15 is 0 Å². The van der Waals surface area contributed by atoms with Crippen LogP contribution in [0.25, 0.3) is 0 Å². The molecule has 3 rings (SSSR count). The summed E-state index contributed by atoms with van der Waals surface area (Å²) in [6.45, 7) is -0.346. The first kappa shape index (κ1) is 18.2. The highest BCUT2D eigenvalue weighted by molar-refractivity contribution is 8.19. The van der Waals surface area contributed by atoms with E-state index in [1.165, 1.54) is 5.56 Å². The average Bonchev–Trinajstić information content (AvgIpc) is 3.14. The standard InChI is InChI=1S/C18H16ClNO3S2/c19-14-2-1-3-15(10-14)20-16(21)11-23-17(22)12-4-6-13(7-5-12)18-24-8-9-25-18/h1-7,10,18H,8-9,11H2,(H,20,21). The second-order valence-corrected chi connectivity index (χ2v) is 8.49. The normalized spacial score (nSPS) is 14.3. The molecule has 130 valence electrons. The Morgan fingerprint density at radius 1 is 1.12 bits per heavy atom. The lowest BCUT2D eigenvalue weighted by molar-refractivity contribution is -0.119. The lowest BCUT2D eigenvalue weighted by Gasteiger charge is -2.09. The largest absolute Gasteiger partial charge is 0.452 e. The fourth-order valence-corrected chi connectivity index (χ4v) is 5.35. The molecule has 0 atom stereocenters. The smallest absolute Gasteiger partial charge is 0.338 e. The zero-order chi connectivity index (χ0) is 17.6. The molecule has 1 N–H and O–H groups in total. The molecule has 1 aliphatic heterocycles. The third-order valence-corrected chi connectivity index (χ3v) is 6.82. The minimum atomic E-state index is -0.514. The molecule has 7 heteroatoms. The summed E-state index contributed by atoms with van der Waals surface area (Å²) >= 11 is 9.68. The molecule has 1 heterocycles. The number of carbonyl (C=O) groups is 2. The molecule has 1 amide bonds. The van der Waals surface area contributed by atoms with Crippen LogP contribution in [0.2, 0.25) is 5.02 Å². The van der Waals surface area contributed by atoms with Gasteiger partial charge in [0.1, 0.15) is 0 Å². The van der Waals surface area contributed by atoms with Gasteiger partial charge in [0, 0.05) is 22.2 Å². The number of carbonyl (C=O) groups excluding carboxylic acids is 2. The van der Waals surface area contributed by atoms with Gasteiger partial charge in [-0.25, -0.2) is 4.79 Å². The molecule has 0 unspecified atom stereocenters. The third kappa shape index (κ3) is 5.17. The summed E-state index contributed by atoms with van der Waals surface area (Å²) in [5.41, 5.74) is 2.19. The van der Waals surface area contributed by atoms with Crippen LogP contribution in [-0.4, -0.2) is 30.0 Å². The summed E-state index contributed by atoms with van der Waals surface area (Å²) in [4.78, 5) is 23.9. The number of hydrogen-bond donors (Lipinski definition) is 1. The van der Waals surface area contributed by atoms with Crippen molar-refractivity contribution in [2.45, 2.75) is 4.58 Å². The molecule has 0 saturated carbocycles. The number of ether oxygens (including phenoxy) is 1. The zero-order valence-electron chi connectivity index (χ0n) is 13.2. The number of esters is 1. The second kappa shape index (κ2) is 8.65. The van der Waals surface area contributed by atoms with Crippen LogP contribution in [-0.2, 0) is 9.53 Å². The van der Waals surface area contributed by atoms with Crippen molar-refractivity contribution in [2.75, 3.05) is 23.4 Å². The number of rotatable bonds is 5. The second-order valence-electron chi connectivity index (χ2n) is 5.33. The number of thioether (sulfide) groups is 2. The van der Waals surface area contributed by atoms with Crippen LogP contribution in [0.3, 0.4) is 0 Å². The van der Waals surface area contributed by atoms with E-state index in [-0.39, 0.29) is 6.61 Å². The van der Waals surface area contributed by atoms with Gasteiger partial charge in [-0.15, -0.1) is 23.5 Å². The van der Waals surface area contributed by atoms with Crippen molar-refractivity contribution in [3.8, 4) is 0 Å². The van der Waals surface area contributed by atoms with Crippen LogP contribution < -0.4 is 5.32 Å². The first-order valence-electron chi connectivity index (χ1n) is 7.67. The minimum Gasteiger partial charge on any atom is -0.452 e. The molecular weight excluding hydrogens is 378 g/mol. The summed E-state index contributed by atoms with van der Waals surface area (Å²) in [7, 11) is 0. The number of halogens is 1. The SMILES string of the molecule is O=C(COC(=O)c1ccc(C2SCCS2)cc1)Nc1cccc(Cl)c1. The first-order chi connectivity index (χ1) is 12.1. The van der Waals surface area contributed by atoms with E-state index in [0.717, 1.165) is 11.5 Å². The van der Waals surface area contributed by atoms with E-state index in [2.05, 4.69) is 5.32 Å². The Morgan fingerprint density at radius 2 is 1.84 bits per heavy atom. The highest BCUT2D eigenvalue weighted by atomic mass is 35.5. The van der Waals surface area contributed by atoms with Gasteiger partial charge in [0.15, 0.2) is 6.61 Å². The van der Waals surface area contributed by atoms with Crippen LogP contribution >= 0.6 is 35.1 Å². The van der Waals surface area contributed by atoms with Gasteiger partial charge in [-0.2, -0.15) is 0 Å². The van der Waals surface area contributed by atoms with Crippen LogP contribution in [0.4, 0.5) is 5.69 Å². The number of benzene rings is 2. The highest BCUT2D eigenvalue weighted by Crippen LogP contribution is 2.45. The van der Waals surface area contributed by atoms with Crippen molar-refractivity contribution in [1.82, 2.24) is 0 Å². The molecule has 2 aromatic carbocycles. The molecule has 0 spiro atoms. The molecule has 0 aromatic heterocycles. The van der Waals surface area contributed by atoms with Crippen LogP contribution in [0.1, 0.15) is 20.5 Å². The summed E-state index contributed by atoms with van der Waals surface area (Å²) in [5, 5.41) is 3.15. The fraction of sp³-hybridized carbons (Fsp3) is 0.222. The number of hydrogen-bond acceptors (Lipinski definition) is 5. The van der Waals surface area contributed by atoms with E-state index in [4.69, 9.17) is 16.3 Å². The van der Waals surface area contributed by atoms with Crippen molar-refractivity contribution in [3.05, 3.63) is 64.7 Å². The Balaban J connectivity index is 1.50. The summed E-state index contributed by atoms with van der Waals surface area (Å²) in [5.74, 6) is 1.38. The molecule has 0 aliphatic carbocycles. The first-order valence-corrected chi connectivity index (χ1v) is 10.1. The number of amides is 1. The molecule has 1 saturated heterocycles. The highest BCUT2D eigenvalue weighted by Gasteiger charge is 2.18. The number of nitrogens with one attached hydrogen (secondary N) is 1. The Labute approximate surface area is 159 Å². The Hall–Kier alpha value is -1.63. The van der Waals surface area contributed by atoms with Crippen LogP contribution in [0.5, 0.6) is 0 Å². The maximum atomic E-state index is 12.1. The summed E-state index contributed by atoms with van der Waals surface area (Å²) < 4.78 is 5.50. The van der Waals surface area contributed by atoms with Crippen molar-refractivity contribution in [2.24, 2.45) is 0 Å². The molecule has 0 bridgehead atoms. The van der Waals surface area contributed by atoms with Gasteiger partial charge in [-0.1, -0.05) is 29.8 Å². The Kier molecular flexibility index (Phi) is 6.29. The van der Waals surface area contributed by atoms with E-state index in [1.54, 1.807) is 36.4 Å². The molecule has 2 aromatic rings. The van der Waals surface area contributed by atoms with Gasteiger partial charge >= 0.3 is 5.97 Å². The zero-order valence-corrected chi connectivity index (χ0v) is 15.6. The van der Waals surface area contributed by atoms with Gasteiger partial charge in [0.25, 0.3) is 5.91 Å². The fourth-order valence-electron chi connectivity index (χ4n) is 2.30. The van der Waals surface area contributed by atoms with E-state index in [1.807, 2.05) is 35.7 Å². The van der Waals surface area contributed by atoms with Crippen molar-refractivity contribution in [1.29, 1.82) is 0 Å². The number of anilines is 1. The summed E-state index contributed by atoms with van der Waals surface area (Å²) in [6.07, 6.45) is 0. The molecular formula is C18H16ClNO3S2. The third-order valence-electron chi connectivity index (χ3n) is 3.48. The molecule has 1 fully saturated rings. The Bertz CT molecular complexity index is 761. The lowest BCUT2D eigenvalue weighted by Crippen LogP contribution is -2.20. The topological polar surface area (TPSA) is 55.4 Å². The van der Waals surface area contributed by atoms with Gasteiger partial charge in [-0.3, -0.25) is 4.79 Å². The van der Waals surface area contributed by atoms with E-state index < -0.39 is 11.9 Å². The van der Waals surface area contributed by atoms with Crippen molar-refractivity contribution in [3.63, 3.8) is 0 Å². The van der Waals surface area contributed by atoms with Gasteiger partial charge in [0.2, 0.25) is 0 Å². The predicted octanol–water partition coefficient (Wildman–Crippen LogP) is 4.61.